The van der Waals surface area contributed by atoms with E-state index in [0.717, 1.165) is 43.6 Å². The summed E-state index contributed by atoms with van der Waals surface area (Å²) >= 11 is 0. The molecule has 1 spiro atoms. The summed E-state index contributed by atoms with van der Waals surface area (Å²) < 4.78 is 5.28. The predicted molar refractivity (Wildman–Crippen MR) is 87.2 cm³/mol. The lowest BCUT2D eigenvalue weighted by Gasteiger charge is -2.56. The number of aromatic nitrogens is 3. The first-order valence-electron chi connectivity index (χ1n) is 8.37. The van der Waals surface area contributed by atoms with Gasteiger partial charge in [0.05, 0.1) is 5.69 Å². The van der Waals surface area contributed by atoms with E-state index >= 15 is 0 Å². The molecule has 4 heterocycles. The average molecular weight is 313 g/mol. The topological polar surface area (TPSA) is 58.3 Å². The van der Waals surface area contributed by atoms with Crippen molar-refractivity contribution in [1.29, 1.82) is 0 Å². The van der Waals surface area contributed by atoms with Gasteiger partial charge in [-0.3, -0.25) is 4.90 Å². The SMILES string of the molecule is Cc1noc(C)c1CN1CCC2(CC1)CCN2c1ncccn1. The third-order valence-electron chi connectivity index (χ3n) is 5.52. The smallest absolute Gasteiger partial charge is 0.225 e. The zero-order chi connectivity index (χ0) is 15.9. The number of hydrogen-bond acceptors (Lipinski definition) is 6. The zero-order valence-corrected chi connectivity index (χ0v) is 13.8. The van der Waals surface area contributed by atoms with Crippen LogP contribution in [-0.4, -0.2) is 45.2 Å². The second kappa shape index (κ2) is 5.60. The first-order valence-corrected chi connectivity index (χ1v) is 8.37. The molecule has 2 saturated heterocycles. The highest BCUT2D eigenvalue weighted by Crippen LogP contribution is 2.41. The molecule has 6 nitrogen and oxygen atoms in total. The maximum absolute atomic E-state index is 5.28. The number of aryl methyl sites for hydroxylation is 2. The van der Waals surface area contributed by atoms with E-state index in [1.807, 2.05) is 32.3 Å². The fourth-order valence-corrected chi connectivity index (χ4v) is 3.88. The molecule has 0 amide bonds. The Morgan fingerprint density at radius 3 is 2.35 bits per heavy atom. The van der Waals surface area contributed by atoms with Gasteiger partial charge in [0.1, 0.15) is 5.76 Å². The highest BCUT2D eigenvalue weighted by Gasteiger charge is 2.47. The molecule has 0 bridgehead atoms. The first-order chi connectivity index (χ1) is 11.2. The summed E-state index contributed by atoms with van der Waals surface area (Å²) in [4.78, 5) is 13.8. The summed E-state index contributed by atoms with van der Waals surface area (Å²) in [7, 11) is 0. The van der Waals surface area contributed by atoms with E-state index in [2.05, 4.69) is 24.9 Å². The second-order valence-electron chi connectivity index (χ2n) is 6.75. The fourth-order valence-electron chi connectivity index (χ4n) is 3.88. The summed E-state index contributed by atoms with van der Waals surface area (Å²) in [6, 6.07) is 1.88. The van der Waals surface area contributed by atoms with E-state index < -0.39 is 0 Å². The Kier molecular flexibility index (Phi) is 3.56. The van der Waals surface area contributed by atoms with Crippen molar-refractivity contribution in [2.45, 2.75) is 45.2 Å². The highest BCUT2D eigenvalue weighted by atomic mass is 16.5. The Morgan fingerprint density at radius 1 is 1.09 bits per heavy atom. The first kappa shape index (κ1) is 14.6. The lowest BCUT2D eigenvalue weighted by molar-refractivity contribution is 0.110. The number of piperidine rings is 1. The van der Waals surface area contributed by atoms with E-state index in [0.29, 0.717) is 0 Å². The van der Waals surface area contributed by atoms with Gasteiger partial charge < -0.3 is 9.42 Å². The van der Waals surface area contributed by atoms with Gasteiger partial charge in [0.25, 0.3) is 0 Å². The summed E-state index contributed by atoms with van der Waals surface area (Å²) in [6.45, 7) is 8.26. The molecule has 122 valence electrons. The van der Waals surface area contributed by atoms with Gasteiger partial charge in [0.15, 0.2) is 0 Å². The minimum Gasteiger partial charge on any atom is -0.361 e. The summed E-state index contributed by atoms with van der Waals surface area (Å²) in [5.41, 5.74) is 2.54. The van der Waals surface area contributed by atoms with Crippen molar-refractivity contribution in [2.75, 3.05) is 24.5 Å². The van der Waals surface area contributed by atoms with Gasteiger partial charge in [0, 0.05) is 49.7 Å². The van der Waals surface area contributed by atoms with Crippen molar-refractivity contribution in [2.24, 2.45) is 0 Å². The van der Waals surface area contributed by atoms with Crippen LogP contribution in [0.3, 0.4) is 0 Å². The van der Waals surface area contributed by atoms with Crippen LogP contribution in [0.2, 0.25) is 0 Å². The second-order valence-corrected chi connectivity index (χ2v) is 6.75. The van der Waals surface area contributed by atoms with Crippen LogP contribution in [0, 0.1) is 13.8 Å². The summed E-state index contributed by atoms with van der Waals surface area (Å²) in [5.74, 6) is 1.84. The number of likely N-dealkylation sites (tertiary alicyclic amines) is 1. The highest BCUT2D eigenvalue weighted by molar-refractivity contribution is 5.40. The molecule has 2 fully saturated rings. The molecule has 2 aliphatic heterocycles. The standard InChI is InChI=1S/C17H23N5O/c1-13-15(14(2)23-20-13)12-21-9-4-17(5-10-21)6-11-22(17)16-18-7-3-8-19-16/h3,7-8H,4-6,9-12H2,1-2H3. The minimum absolute atomic E-state index is 0.274. The molecule has 2 aliphatic rings. The van der Waals surface area contributed by atoms with Crippen molar-refractivity contribution in [3.63, 3.8) is 0 Å². The van der Waals surface area contributed by atoms with Crippen LogP contribution in [0.15, 0.2) is 23.0 Å². The third-order valence-corrected chi connectivity index (χ3v) is 5.52. The normalized spacial score (nSPS) is 20.7. The van der Waals surface area contributed by atoms with Gasteiger partial charge in [0.2, 0.25) is 5.95 Å². The van der Waals surface area contributed by atoms with Gasteiger partial charge in [-0.15, -0.1) is 0 Å². The van der Waals surface area contributed by atoms with Crippen LogP contribution in [0.1, 0.15) is 36.3 Å². The lowest BCUT2D eigenvalue weighted by atomic mass is 9.76. The number of nitrogens with zero attached hydrogens (tertiary/aromatic N) is 5. The maximum atomic E-state index is 5.28. The van der Waals surface area contributed by atoms with Gasteiger partial charge in [-0.25, -0.2) is 9.97 Å². The maximum Gasteiger partial charge on any atom is 0.225 e. The summed E-state index contributed by atoms with van der Waals surface area (Å²) in [5, 5.41) is 4.06. The van der Waals surface area contributed by atoms with Crippen LogP contribution in [0.4, 0.5) is 5.95 Å². The molecule has 0 saturated carbocycles. The van der Waals surface area contributed by atoms with E-state index in [1.54, 1.807) is 0 Å². The Hall–Kier alpha value is -1.95. The number of rotatable bonds is 3. The molecule has 0 unspecified atom stereocenters. The molecule has 0 atom stereocenters. The molecule has 0 aromatic carbocycles. The Balaban J connectivity index is 1.41. The Morgan fingerprint density at radius 2 is 1.78 bits per heavy atom. The Bertz CT molecular complexity index is 656. The van der Waals surface area contributed by atoms with Crippen LogP contribution < -0.4 is 4.90 Å². The van der Waals surface area contributed by atoms with Crippen molar-refractivity contribution in [3.8, 4) is 0 Å². The number of hydrogen-bond donors (Lipinski definition) is 0. The molecular formula is C17H23N5O. The van der Waals surface area contributed by atoms with Crippen LogP contribution in [0.25, 0.3) is 0 Å². The number of anilines is 1. The third kappa shape index (κ3) is 2.51. The molecule has 6 heteroatoms. The molecule has 0 radical (unpaired) electrons. The van der Waals surface area contributed by atoms with E-state index in [1.165, 1.54) is 24.8 Å². The average Bonchev–Trinajstić information content (AvgIpc) is 2.88. The lowest BCUT2D eigenvalue weighted by Crippen LogP contribution is -2.64. The molecular weight excluding hydrogens is 290 g/mol. The molecule has 0 N–H and O–H groups in total. The van der Waals surface area contributed by atoms with Crippen LogP contribution in [-0.2, 0) is 6.54 Å². The van der Waals surface area contributed by atoms with E-state index in [-0.39, 0.29) is 5.54 Å². The predicted octanol–water partition coefficient (Wildman–Crippen LogP) is 2.33. The Labute approximate surface area is 136 Å². The van der Waals surface area contributed by atoms with Crippen molar-refractivity contribution < 1.29 is 4.52 Å². The molecule has 2 aromatic rings. The van der Waals surface area contributed by atoms with Gasteiger partial charge in [-0.1, -0.05) is 5.16 Å². The molecule has 23 heavy (non-hydrogen) atoms. The van der Waals surface area contributed by atoms with Gasteiger partial charge in [-0.05, 0) is 39.2 Å². The minimum atomic E-state index is 0.274. The van der Waals surface area contributed by atoms with Crippen molar-refractivity contribution in [1.82, 2.24) is 20.0 Å². The largest absolute Gasteiger partial charge is 0.361 e. The molecule has 0 aliphatic carbocycles. The quantitative estimate of drug-likeness (QED) is 0.867. The van der Waals surface area contributed by atoms with E-state index in [9.17, 15) is 0 Å². The zero-order valence-electron chi connectivity index (χ0n) is 13.8. The van der Waals surface area contributed by atoms with E-state index in [4.69, 9.17) is 4.52 Å². The van der Waals surface area contributed by atoms with Crippen molar-refractivity contribution in [3.05, 3.63) is 35.5 Å². The summed E-state index contributed by atoms with van der Waals surface area (Å²) in [6.07, 6.45) is 7.27. The van der Waals surface area contributed by atoms with Crippen LogP contribution >= 0.6 is 0 Å². The van der Waals surface area contributed by atoms with Crippen molar-refractivity contribution >= 4 is 5.95 Å². The van der Waals surface area contributed by atoms with Crippen LogP contribution in [0.5, 0.6) is 0 Å². The fraction of sp³-hybridized carbons (Fsp3) is 0.588. The monoisotopic (exact) mass is 313 g/mol. The molecule has 2 aromatic heterocycles. The van der Waals surface area contributed by atoms with Gasteiger partial charge in [-0.2, -0.15) is 0 Å². The molecule has 4 rings (SSSR count). The van der Waals surface area contributed by atoms with Gasteiger partial charge >= 0.3 is 0 Å².